The summed E-state index contributed by atoms with van der Waals surface area (Å²) in [7, 11) is 0. The number of likely N-dealkylation sites (tertiary alicyclic amines) is 1. The van der Waals surface area contributed by atoms with E-state index in [1.54, 1.807) is 0 Å². The Balaban J connectivity index is 1.45. The van der Waals surface area contributed by atoms with Gasteiger partial charge in [0.25, 0.3) is 5.91 Å². The van der Waals surface area contributed by atoms with E-state index >= 15 is 0 Å². The molecular formula is C21H28N2O3. The second-order valence-electron chi connectivity index (χ2n) is 7.89. The number of hydrogen-bond acceptors (Lipinski definition) is 4. The van der Waals surface area contributed by atoms with E-state index < -0.39 is 0 Å². The second-order valence-corrected chi connectivity index (χ2v) is 7.89. The summed E-state index contributed by atoms with van der Waals surface area (Å²) in [4.78, 5) is 29.2. The number of fused-ring (bicyclic) bond motifs is 1. The number of amides is 2. The summed E-state index contributed by atoms with van der Waals surface area (Å²) in [6.07, 6.45) is 6.44. The number of carbonyl (C=O) groups is 2. The monoisotopic (exact) mass is 356 g/mol. The van der Waals surface area contributed by atoms with Crippen molar-refractivity contribution in [3.05, 3.63) is 24.3 Å². The fourth-order valence-electron chi connectivity index (χ4n) is 4.78. The number of anilines is 1. The smallest absolute Gasteiger partial charge is 0.251 e. The lowest BCUT2D eigenvalue weighted by atomic mass is 9.82. The molecule has 0 bridgehead atoms. The largest absolute Gasteiger partial charge is 0.494 e. The van der Waals surface area contributed by atoms with E-state index in [4.69, 9.17) is 4.74 Å². The third-order valence-corrected chi connectivity index (χ3v) is 6.14. The van der Waals surface area contributed by atoms with Crippen molar-refractivity contribution in [1.29, 1.82) is 0 Å². The molecule has 1 aliphatic carbocycles. The minimum atomic E-state index is -0.274. The first-order valence-corrected chi connectivity index (χ1v) is 10.0. The molecule has 2 saturated heterocycles. The van der Waals surface area contributed by atoms with Crippen molar-refractivity contribution in [2.24, 2.45) is 11.8 Å². The Kier molecular flexibility index (Phi) is 4.98. The number of benzene rings is 1. The fraction of sp³-hybridized carbons (Fsp3) is 0.619. The van der Waals surface area contributed by atoms with Gasteiger partial charge in [0, 0.05) is 13.1 Å². The van der Waals surface area contributed by atoms with Crippen LogP contribution in [0.1, 0.15) is 45.4 Å². The summed E-state index contributed by atoms with van der Waals surface area (Å²) >= 11 is 0. The van der Waals surface area contributed by atoms with Crippen LogP contribution in [0.25, 0.3) is 0 Å². The first-order chi connectivity index (χ1) is 12.7. The minimum absolute atomic E-state index is 0.0594. The zero-order chi connectivity index (χ0) is 18.1. The molecule has 0 spiro atoms. The molecule has 1 saturated carbocycles. The van der Waals surface area contributed by atoms with Gasteiger partial charge >= 0.3 is 0 Å². The molecule has 0 aromatic heterocycles. The van der Waals surface area contributed by atoms with E-state index in [-0.39, 0.29) is 17.9 Å². The standard InChI is InChI=1S/C21H28N2O3/c1-2-11-26-18-9-7-17(8-10-18)23-20(24)12-19(21(23)25)22-13-15-5-3-4-6-16(15)14-22/h7-10,15-16,19H,2-6,11-14H2,1H3/t15-,16-,19-/m0/s1. The van der Waals surface area contributed by atoms with Crippen LogP contribution in [0.15, 0.2) is 24.3 Å². The summed E-state index contributed by atoms with van der Waals surface area (Å²) in [6, 6.07) is 7.02. The topological polar surface area (TPSA) is 49.9 Å². The van der Waals surface area contributed by atoms with Crippen LogP contribution in [-0.2, 0) is 9.59 Å². The number of ether oxygens (including phenoxy) is 1. The van der Waals surface area contributed by atoms with E-state index in [0.717, 1.165) is 37.1 Å². The Morgan fingerprint density at radius 1 is 1.04 bits per heavy atom. The van der Waals surface area contributed by atoms with Crippen LogP contribution >= 0.6 is 0 Å². The van der Waals surface area contributed by atoms with Gasteiger partial charge in [-0.1, -0.05) is 19.8 Å². The van der Waals surface area contributed by atoms with E-state index in [0.29, 0.717) is 18.7 Å². The Labute approximate surface area is 155 Å². The Bertz CT molecular complexity index is 658. The van der Waals surface area contributed by atoms with Crippen LogP contribution in [0.5, 0.6) is 5.75 Å². The molecule has 140 valence electrons. The molecule has 3 atom stereocenters. The predicted molar refractivity (Wildman–Crippen MR) is 100 cm³/mol. The molecule has 1 aromatic carbocycles. The molecular weight excluding hydrogens is 328 g/mol. The number of hydrogen-bond donors (Lipinski definition) is 0. The van der Waals surface area contributed by atoms with Crippen molar-refractivity contribution in [1.82, 2.24) is 4.90 Å². The molecule has 2 aliphatic heterocycles. The zero-order valence-electron chi connectivity index (χ0n) is 15.5. The normalized spacial score (nSPS) is 29.3. The lowest BCUT2D eigenvalue weighted by Gasteiger charge is -2.23. The van der Waals surface area contributed by atoms with Gasteiger partial charge in [0.1, 0.15) is 5.75 Å². The maximum absolute atomic E-state index is 13.0. The van der Waals surface area contributed by atoms with Crippen molar-refractivity contribution in [3.8, 4) is 5.75 Å². The van der Waals surface area contributed by atoms with Crippen LogP contribution in [0.3, 0.4) is 0 Å². The van der Waals surface area contributed by atoms with Gasteiger partial charge < -0.3 is 4.74 Å². The van der Waals surface area contributed by atoms with E-state index in [9.17, 15) is 9.59 Å². The van der Waals surface area contributed by atoms with Crippen molar-refractivity contribution >= 4 is 17.5 Å². The van der Waals surface area contributed by atoms with E-state index in [2.05, 4.69) is 11.8 Å². The predicted octanol–water partition coefficient (Wildman–Crippen LogP) is 3.23. The average molecular weight is 356 g/mol. The zero-order valence-corrected chi connectivity index (χ0v) is 15.5. The molecule has 5 heteroatoms. The number of rotatable bonds is 5. The summed E-state index contributed by atoms with van der Waals surface area (Å²) in [5, 5.41) is 0. The number of imide groups is 1. The average Bonchev–Trinajstić information content (AvgIpc) is 3.21. The highest BCUT2D eigenvalue weighted by molar-refractivity contribution is 6.22. The fourth-order valence-corrected chi connectivity index (χ4v) is 4.78. The van der Waals surface area contributed by atoms with Gasteiger partial charge in [0.15, 0.2) is 0 Å². The van der Waals surface area contributed by atoms with Gasteiger partial charge in [-0.3, -0.25) is 14.5 Å². The van der Waals surface area contributed by atoms with Crippen molar-refractivity contribution in [2.75, 3.05) is 24.6 Å². The highest BCUT2D eigenvalue weighted by Crippen LogP contribution is 2.38. The van der Waals surface area contributed by atoms with Gasteiger partial charge in [-0.2, -0.15) is 0 Å². The second kappa shape index (κ2) is 7.39. The molecule has 26 heavy (non-hydrogen) atoms. The molecule has 5 nitrogen and oxygen atoms in total. The van der Waals surface area contributed by atoms with Crippen LogP contribution in [0.4, 0.5) is 5.69 Å². The highest BCUT2D eigenvalue weighted by atomic mass is 16.5. The van der Waals surface area contributed by atoms with E-state index in [1.807, 2.05) is 24.3 Å². The van der Waals surface area contributed by atoms with Gasteiger partial charge in [0.05, 0.1) is 24.8 Å². The third kappa shape index (κ3) is 3.25. The maximum Gasteiger partial charge on any atom is 0.251 e. The maximum atomic E-state index is 13.0. The first kappa shape index (κ1) is 17.5. The molecule has 4 rings (SSSR count). The molecule has 3 aliphatic rings. The van der Waals surface area contributed by atoms with Crippen molar-refractivity contribution in [3.63, 3.8) is 0 Å². The minimum Gasteiger partial charge on any atom is -0.494 e. The summed E-state index contributed by atoms with van der Waals surface area (Å²) < 4.78 is 5.59. The van der Waals surface area contributed by atoms with Gasteiger partial charge in [-0.05, 0) is 55.4 Å². The summed E-state index contributed by atoms with van der Waals surface area (Å²) in [5.41, 5.74) is 0.656. The van der Waals surface area contributed by atoms with Gasteiger partial charge in [-0.25, -0.2) is 4.90 Å². The lowest BCUT2D eigenvalue weighted by Crippen LogP contribution is -2.41. The third-order valence-electron chi connectivity index (χ3n) is 6.14. The highest BCUT2D eigenvalue weighted by Gasteiger charge is 2.46. The van der Waals surface area contributed by atoms with Crippen molar-refractivity contribution < 1.29 is 14.3 Å². The molecule has 2 heterocycles. The Morgan fingerprint density at radius 3 is 2.31 bits per heavy atom. The quantitative estimate of drug-likeness (QED) is 0.760. The Morgan fingerprint density at radius 2 is 1.69 bits per heavy atom. The van der Waals surface area contributed by atoms with Crippen LogP contribution in [0, 0.1) is 11.8 Å². The first-order valence-electron chi connectivity index (χ1n) is 10.0. The molecule has 3 fully saturated rings. The lowest BCUT2D eigenvalue weighted by molar-refractivity contribution is -0.122. The number of nitrogens with zero attached hydrogens (tertiary/aromatic N) is 2. The van der Waals surface area contributed by atoms with Crippen molar-refractivity contribution in [2.45, 2.75) is 51.5 Å². The summed E-state index contributed by atoms with van der Waals surface area (Å²) in [6.45, 7) is 4.68. The molecule has 2 amide bonds. The van der Waals surface area contributed by atoms with Gasteiger partial charge in [-0.15, -0.1) is 0 Å². The van der Waals surface area contributed by atoms with Crippen LogP contribution in [0.2, 0.25) is 0 Å². The van der Waals surface area contributed by atoms with E-state index in [1.165, 1.54) is 30.6 Å². The SMILES string of the molecule is CCCOc1ccc(N2C(=O)C[C@H](N3C[C@@H]4CCCC[C@H]4C3)C2=O)cc1. The molecule has 1 aromatic rings. The molecule has 0 radical (unpaired) electrons. The van der Waals surface area contributed by atoms with Crippen LogP contribution in [-0.4, -0.2) is 42.5 Å². The van der Waals surface area contributed by atoms with Crippen LogP contribution < -0.4 is 9.64 Å². The summed E-state index contributed by atoms with van der Waals surface area (Å²) in [5.74, 6) is 2.06. The molecule has 0 N–H and O–H groups in total. The Hall–Kier alpha value is -1.88. The van der Waals surface area contributed by atoms with Gasteiger partial charge in [0.2, 0.25) is 5.91 Å². The number of carbonyl (C=O) groups excluding carboxylic acids is 2. The molecule has 0 unspecified atom stereocenters.